The van der Waals surface area contributed by atoms with E-state index in [1.54, 1.807) is 31.4 Å². The number of carbonyl (C=O) groups excluding carboxylic acids is 2. The number of benzene rings is 2. The lowest BCUT2D eigenvalue weighted by Gasteiger charge is -2.07. The fraction of sp³-hybridized carbons (Fsp3) is 0.222. The Labute approximate surface area is 145 Å². The Balaban J connectivity index is 1.62. The van der Waals surface area contributed by atoms with Crippen LogP contribution in [0.1, 0.15) is 6.42 Å². The van der Waals surface area contributed by atoms with Crippen LogP contribution in [0.3, 0.4) is 0 Å². The van der Waals surface area contributed by atoms with E-state index in [-0.39, 0.29) is 11.8 Å². The standard InChI is InChI=1S/C18H20N2O3S/c1-23-16-9-7-15(8-10-16)19-17(21)11-12-24-13-18(22)20-14-5-3-2-4-6-14/h2-10H,11-13H2,1H3,(H,19,21)(H,20,22). The molecule has 2 aromatic carbocycles. The number of carbonyl (C=O) groups is 2. The molecule has 126 valence electrons. The Bertz CT molecular complexity index is 660. The first-order valence-corrected chi connectivity index (χ1v) is 8.69. The topological polar surface area (TPSA) is 67.4 Å². The van der Waals surface area contributed by atoms with Gasteiger partial charge in [0.15, 0.2) is 0 Å². The van der Waals surface area contributed by atoms with Crippen molar-refractivity contribution in [2.45, 2.75) is 6.42 Å². The predicted octanol–water partition coefficient (Wildman–Crippen LogP) is 3.40. The van der Waals surface area contributed by atoms with Gasteiger partial charge in [0.2, 0.25) is 11.8 Å². The largest absolute Gasteiger partial charge is 0.497 e. The van der Waals surface area contributed by atoms with Gasteiger partial charge in [-0.3, -0.25) is 9.59 Å². The maximum absolute atomic E-state index is 11.8. The quantitative estimate of drug-likeness (QED) is 0.720. The first-order chi connectivity index (χ1) is 11.7. The third-order valence-corrected chi connectivity index (χ3v) is 4.10. The van der Waals surface area contributed by atoms with Crippen LogP contribution in [0.15, 0.2) is 54.6 Å². The zero-order valence-electron chi connectivity index (χ0n) is 13.5. The summed E-state index contributed by atoms with van der Waals surface area (Å²) in [6, 6.07) is 16.5. The van der Waals surface area contributed by atoms with Crippen LogP contribution in [0, 0.1) is 0 Å². The first kappa shape index (κ1) is 17.9. The molecule has 5 nitrogen and oxygen atoms in total. The summed E-state index contributed by atoms with van der Waals surface area (Å²) in [6.45, 7) is 0. The van der Waals surface area contributed by atoms with Gasteiger partial charge in [-0.15, -0.1) is 0 Å². The molecule has 0 spiro atoms. The fourth-order valence-electron chi connectivity index (χ4n) is 1.95. The minimum absolute atomic E-state index is 0.0678. The maximum atomic E-state index is 11.8. The molecule has 0 heterocycles. The van der Waals surface area contributed by atoms with E-state index in [0.717, 1.165) is 17.1 Å². The molecule has 0 radical (unpaired) electrons. The summed E-state index contributed by atoms with van der Waals surface area (Å²) in [7, 11) is 1.60. The van der Waals surface area contributed by atoms with Gasteiger partial charge in [-0.1, -0.05) is 18.2 Å². The summed E-state index contributed by atoms with van der Waals surface area (Å²) in [5.41, 5.74) is 1.51. The van der Waals surface area contributed by atoms with Crippen molar-refractivity contribution in [2.75, 3.05) is 29.2 Å². The van der Waals surface area contributed by atoms with Gasteiger partial charge in [-0.05, 0) is 36.4 Å². The van der Waals surface area contributed by atoms with Crippen molar-refractivity contribution in [2.24, 2.45) is 0 Å². The van der Waals surface area contributed by atoms with Crippen LogP contribution in [0.4, 0.5) is 11.4 Å². The number of nitrogens with one attached hydrogen (secondary N) is 2. The molecule has 0 aliphatic heterocycles. The van der Waals surface area contributed by atoms with Crippen molar-refractivity contribution in [3.63, 3.8) is 0 Å². The lowest BCUT2D eigenvalue weighted by molar-refractivity contribution is -0.116. The second kappa shape index (κ2) is 9.62. The SMILES string of the molecule is COc1ccc(NC(=O)CCSCC(=O)Nc2ccccc2)cc1. The molecule has 2 aromatic rings. The molecule has 0 fully saturated rings. The molecule has 0 aliphatic rings. The number of ether oxygens (including phenoxy) is 1. The van der Waals surface area contributed by atoms with Crippen molar-refractivity contribution in [1.29, 1.82) is 0 Å². The average molecular weight is 344 g/mol. The molecule has 2 rings (SSSR count). The molecule has 0 aromatic heterocycles. The number of para-hydroxylation sites is 1. The van der Waals surface area contributed by atoms with Gasteiger partial charge in [0.05, 0.1) is 12.9 Å². The molecule has 0 unspecified atom stereocenters. The zero-order chi connectivity index (χ0) is 17.2. The number of hydrogen-bond donors (Lipinski definition) is 2. The van der Waals surface area contributed by atoms with E-state index in [0.29, 0.717) is 17.9 Å². The van der Waals surface area contributed by atoms with E-state index >= 15 is 0 Å². The fourth-order valence-corrected chi connectivity index (χ4v) is 2.68. The van der Waals surface area contributed by atoms with E-state index in [1.807, 2.05) is 30.3 Å². The summed E-state index contributed by atoms with van der Waals surface area (Å²) in [5.74, 6) is 1.51. The Kier molecular flexibility index (Phi) is 7.17. The molecule has 0 atom stereocenters. The molecule has 0 bridgehead atoms. The average Bonchev–Trinajstić information content (AvgIpc) is 2.60. The van der Waals surface area contributed by atoms with Crippen LogP contribution >= 0.6 is 11.8 Å². The smallest absolute Gasteiger partial charge is 0.234 e. The third-order valence-electron chi connectivity index (χ3n) is 3.14. The molecular weight excluding hydrogens is 324 g/mol. The molecule has 6 heteroatoms. The Morgan fingerprint density at radius 3 is 2.21 bits per heavy atom. The Morgan fingerprint density at radius 2 is 1.54 bits per heavy atom. The van der Waals surface area contributed by atoms with Crippen molar-refractivity contribution in [3.8, 4) is 5.75 Å². The monoisotopic (exact) mass is 344 g/mol. The highest BCUT2D eigenvalue weighted by molar-refractivity contribution is 7.99. The van der Waals surface area contributed by atoms with E-state index in [1.165, 1.54) is 11.8 Å². The van der Waals surface area contributed by atoms with Crippen LogP contribution in [0.2, 0.25) is 0 Å². The number of anilines is 2. The van der Waals surface area contributed by atoms with Crippen molar-refractivity contribution in [1.82, 2.24) is 0 Å². The van der Waals surface area contributed by atoms with Gasteiger partial charge in [0.1, 0.15) is 5.75 Å². The van der Waals surface area contributed by atoms with E-state index in [4.69, 9.17) is 4.74 Å². The summed E-state index contributed by atoms with van der Waals surface area (Å²) in [6.07, 6.45) is 0.356. The van der Waals surface area contributed by atoms with E-state index in [9.17, 15) is 9.59 Å². The number of hydrogen-bond acceptors (Lipinski definition) is 4. The van der Waals surface area contributed by atoms with Gasteiger partial charge in [0, 0.05) is 23.5 Å². The van der Waals surface area contributed by atoms with Gasteiger partial charge in [0.25, 0.3) is 0 Å². The van der Waals surface area contributed by atoms with Crippen LogP contribution in [-0.4, -0.2) is 30.4 Å². The highest BCUT2D eigenvalue weighted by Gasteiger charge is 2.05. The predicted molar refractivity (Wildman–Crippen MR) is 98.6 cm³/mol. The summed E-state index contributed by atoms with van der Waals surface area (Å²) in [5, 5.41) is 5.62. The van der Waals surface area contributed by atoms with E-state index in [2.05, 4.69) is 10.6 Å². The number of methoxy groups -OCH3 is 1. The van der Waals surface area contributed by atoms with Gasteiger partial charge >= 0.3 is 0 Å². The van der Waals surface area contributed by atoms with Gasteiger partial charge < -0.3 is 15.4 Å². The lowest BCUT2D eigenvalue weighted by atomic mass is 10.3. The molecule has 0 aliphatic carbocycles. The molecule has 0 saturated carbocycles. The minimum atomic E-state index is -0.0730. The first-order valence-electron chi connectivity index (χ1n) is 7.54. The normalized spacial score (nSPS) is 10.0. The van der Waals surface area contributed by atoms with Crippen molar-refractivity contribution >= 4 is 35.0 Å². The lowest BCUT2D eigenvalue weighted by Crippen LogP contribution is -2.16. The van der Waals surface area contributed by atoms with E-state index < -0.39 is 0 Å². The van der Waals surface area contributed by atoms with Crippen molar-refractivity contribution in [3.05, 3.63) is 54.6 Å². The Morgan fingerprint density at radius 1 is 0.917 bits per heavy atom. The third kappa shape index (κ3) is 6.34. The maximum Gasteiger partial charge on any atom is 0.234 e. The van der Waals surface area contributed by atoms with Crippen LogP contribution in [-0.2, 0) is 9.59 Å². The number of thioether (sulfide) groups is 1. The van der Waals surface area contributed by atoms with Gasteiger partial charge in [-0.25, -0.2) is 0 Å². The molecule has 2 amide bonds. The second-order valence-electron chi connectivity index (χ2n) is 4.99. The zero-order valence-corrected chi connectivity index (χ0v) is 14.3. The summed E-state index contributed by atoms with van der Waals surface area (Å²) >= 11 is 1.43. The number of amides is 2. The molecule has 24 heavy (non-hydrogen) atoms. The highest BCUT2D eigenvalue weighted by Crippen LogP contribution is 2.15. The molecule has 0 saturated heterocycles. The van der Waals surface area contributed by atoms with Crippen LogP contribution in [0.5, 0.6) is 5.75 Å². The van der Waals surface area contributed by atoms with Crippen LogP contribution in [0.25, 0.3) is 0 Å². The molecule has 2 N–H and O–H groups in total. The highest BCUT2D eigenvalue weighted by atomic mass is 32.2. The minimum Gasteiger partial charge on any atom is -0.497 e. The van der Waals surface area contributed by atoms with Crippen molar-refractivity contribution < 1.29 is 14.3 Å². The Hall–Kier alpha value is -2.47. The summed E-state index contributed by atoms with van der Waals surface area (Å²) < 4.78 is 5.06. The summed E-state index contributed by atoms with van der Waals surface area (Å²) in [4.78, 5) is 23.6. The second-order valence-corrected chi connectivity index (χ2v) is 6.10. The van der Waals surface area contributed by atoms with Gasteiger partial charge in [-0.2, -0.15) is 11.8 Å². The number of rotatable bonds is 8. The molecular formula is C18H20N2O3S. The van der Waals surface area contributed by atoms with Crippen LogP contribution < -0.4 is 15.4 Å².